The normalized spacial score (nSPS) is 22.7. The highest BCUT2D eigenvalue weighted by molar-refractivity contribution is 8.00. The minimum Gasteiger partial charge on any atom is -0.354 e. The molecule has 1 aromatic carbocycles. The molecule has 1 amide bonds. The van der Waals surface area contributed by atoms with Gasteiger partial charge in [0.15, 0.2) is 0 Å². The minimum absolute atomic E-state index is 0.207. The molecule has 0 radical (unpaired) electrons. The number of amides is 1. The Morgan fingerprint density at radius 2 is 1.81 bits per heavy atom. The fraction of sp³-hybridized carbons (Fsp3) is 0.474. The van der Waals surface area contributed by atoms with Crippen molar-refractivity contribution in [1.82, 2.24) is 9.80 Å². The van der Waals surface area contributed by atoms with E-state index in [0.29, 0.717) is 41.6 Å². The van der Waals surface area contributed by atoms with Crippen LogP contribution in [0.3, 0.4) is 0 Å². The van der Waals surface area contributed by atoms with Gasteiger partial charge in [0.05, 0.1) is 0 Å². The number of benzene rings is 1. The summed E-state index contributed by atoms with van der Waals surface area (Å²) in [4.78, 5) is 16.5. The third-order valence-electron chi connectivity index (χ3n) is 5.28. The molecule has 8 heteroatoms. The van der Waals surface area contributed by atoms with Crippen LogP contribution in [-0.2, 0) is 14.8 Å². The standard InChI is InChI=1S/C19H22ClN3O3S/c1-13-17(14-5-7-16(20)8-6-14)27(25,26)21-18(13)22-9-2-10-23(12-11-22)19(24)15-3-4-15/h5-8,15H,2-4,9-12H2,1H3. The van der Waals surface area contributed by atoms with E-state index in [4.69, 9.17) is 11.6 Å². The number of hydrogen-bond acceptors (Lipinski definition) is 4. The first-order valence-corrected chi connectivity index (χ1v) is 11.0. The van der Waals surface area contributed by atoms with E-state index in [0.717, 1.165) is 25.8 Å². The van der Waals surface area contributed by atoms with Crippen LogP contribution in [0.1, 0.15) is 31.7 Å². The molecule has 0 N–H and O–H groups in total. The summed E-state index contributed by atoms with van der Waals surface area (Å²) in [5.41, 5.74) is 1.25. The van der Waals surface area contributed by atoms with Gasteiger partial charge >= 0.3 is 0 Å². The largest absolute Gasteiger partial charge is 0.354 e. The lowest BCUT2D eigenvalue weighted by atomic mass is 10.1. The van der Waals surface area contributed by atoms with Crippen molar-refractivity contribution in [2.45, 2.75) is 26.2 Å². The van der Waals surface area contributed by atoms with Crippen LogP contribution < -0.4 is 0 Å². The summed E-state index contributed by atoms with van der Waals surface area (Å²) in [6.45, 7) is 4.41. The van der Waals surface area contributed by atoms with E-state index < -0.39 is 10.0 Å². The average Bonchev–Trinajstić information content (AvgIpc) is 3.45. The fourth-order valence-corrected chi connectivity index (χ4v) is 5.33. The van der Waals surface area contributed by atoms with Crippen LogP contribution in [0.5, 0.6) is 0 Å². The quantitative estimate of drug-likeness (QED) is 0.755. The van der Waals surface area contributed by atoms with Gasteiger partial charge in [0.2, 0.25) is 5.91 Å². The topological polar surface area (TPSA) is 70.1 Å². The Bertz CT molecular complexity index is 933. The third kappa shape index (κ3) is 3.62. The maximum atomic E-state index is 12.7. The number of carbonyl (C=O) groups excluding carboxylic acids is 1. The van der Waals surface area contributed by atoms with E-state index >= 15 is 0 Å². The molecule has 6 nitrogen and oxygen atoms in total. The van der Waals surface area contributed by atoms with Gasteiger partial charge in [-0.1, -0.05) is 23.7 Å². The lowest BCUT2D eigenvalue weighted by Crippen LogP contribution is -2.38. The lowest BCUT2D eigenvalue weighted by molar-refractivity contribution is -0.132. The second-order valence-corrected chi connectivity index (χ2v) is 9.27. The average molecular weight is 408 g/mol. The molecule has 0 aromatic heterocycles. The molecule has 1 aromatic rings. The van der Waals surface area contributed by atoms with Gasteiger partial charge in [-0.15, -0.1) is 4.40 Å². The summed E-state index contributed by atoms with van der Waals surface area (Å²) in [7, 11) is -3.74. The molecule has 0 bridgehead atoms. The van der Waals surface area contributed by atoms with Crippen molar-refractivity contribution in [2.24, 2.45) is 10.3 Å². The number of carbonyl (C=O) groups is 1. The molecule has 1 saturated heterocycles. The van der Waals surface area contributed by atoms with Gasteiger partial charge < -0.3 is 9.80 Å². The molecule has 0 atom stereocenters. The molecular formula is C19H22ClN3O3S. The predicted octanol–water partition coefficient (Wildman–Crippen LogP) is 2.76. The summed E-state index contributed by atoms with van der Waals surface area (Å²) in [5.74, 6) is 0.950. The Labute approximate surface area is 164 Å². The van der Waals surface area contributed by atoms with Crippen LogP contribution in [0.2, 0.25) is 5.02 Å². The van der Waals surface area contributed by atoms with Crippen molar-refractivity contribution in [3.63, 3.8) is 0 Å². The summed E-state index contributed by atoms with van der Waals surface area (Å²) in [6.07, 6.45) is 2.80. The second-order valence-electron chi connectivity index (χ2n) is 7.29. The zero-order chi connectivity index (χ0) is 19.2. The first-order valence-electron chi connectivity index (χ1n) is 9.23. The Hall–Kier alpha value is -1.86. The van der Waals surface area contributed by atoms with Crippen LogP contribution in [0.15, 0.2) is 34.2 Å². The van der Waals surface area contributed by atoms with E-state index in [1.54, 1.807) is 31.2 Å². The summed E-state index contributed by atoms with van der Waals surface area (Å²) < 4.78 is 29.5. The predicted molar refractivity (Wildman–Crippen MR) is 106 cm³/mol. The van der Waals surface area contributed by atoms with E-state index in [1.807, 2.05) is 9.80 Å². The van der Waals surface area contributed by atoms with Gasteiger partial charge in [0, 0.05) is 42.7 Å². The minimum atomic E-state index is -3.74. The van der Waals surface area contributed by atoms with Crippen LogP contribution in [-0.4, -0.2) is 56.1 Å². The molecule has 0 spiro atoms. The van der Waals surface area contributed by atoms with E-state index in [-0.39, 0.29) is 16.7 Å². The van der Waals surface area contributed by atoms with Crippen molar-refractivity contribution < 1.29 is 13.2 Å². The Kier molecular flexibility index (Phi) is 4.76. The monoisotopic (exact) mass is 407 g/mol. The first-order chi connectivity index (χ1) is 12.9. The molecule has 27 heavy (non-hydrogen) atoms. The van der Waals surface area contributed by atoms with E-state index in [2.05, 4.69) is 4.40 Å². The SMILES string of the molecule is CC1=C(c2ccc(Cl)cc2)S(=O)(=O)N=C1N1CCCN(C(=O)C2CC2)CC1. The molecular weight excluding hydrogens is 386 g/mol. The molecule has 4 rings (SSSR count). The van der Waals surface area contributed by atoms with Crippen LogP contribution >= 0.6 is 11.6 Å². The molecule has 144 valence electrons. The highest BCUT2D eigenvalue weighted by atomic mass is 35.5. The fourth-order valence-electron chi connectivity index (χ4n) is 3.72. The van der Waals surface area contributed by atoms with Crippen molar-refractivity contribution >= 4 is 38.3 Å². The van der Waals surface area contributed by atoms with Gasteiger partial charge in [-0.25, -0.2) is 0 Å². The summed E-state index contributed by atoms with van der Waals surface area (Å²) >= 11 is 5.93. The highest BCUT2D eigenvalue weighted by Crippen LogP contribution is 2.35. The van der Waals surface area contributed by atoms with E-state index in [9.17, 15) is 13.2 Å². The van der Waals surface area contributed by atoms with Crippen molar-refractivity contribution in [1.29, 1.82) is 0 Å². The van der Waals surface area contributed by atoms with E-state index in [1.165, 1.54) is 0 Å². The zero-order valence-corrected chi connectivity index (χ0v) is 16.8. The molecule has 1 saturated carbocycles. The molecule has 3 aliphatic rings. The number of amidine groups is 1. The van der Waals surface area contributed by atoms with Gasteiger partial charge in [-0.3, -0.25) is 4.79 Å². The second kappa shape index (κ2) is 6.95. The Morgan fingerprint density at radius 3 is 2.48 bits per heavy atom. The highest BCUT2D eigenvalue weighted by Gasteiger charge is 2.36. The third-order valence-corrected chi connectivity index (χ3v) is 7.00. The van der Waals surface area contributed by atoms with Gasteiger partial charge in [0.25, 0.3) is 10.0 Å². The molecule has 2 fully saturated rings. The summed E-state index contributed by atoms with van der Waals surface area (Å²) in [5, 5.41) is 0.557. The first kappa shape index (κ1) is 18.5. The lowest BCUT2D eigenvalue weighted by Gasteiger charge is -2.23. The number of hydrogen-bond donors (Lipinski definition) is 0. The van der Waals surface area contributed by atoms with Crippen LogP contribution in [0, 0.1) is 5.92 Å². The van der Waals surface area contributed by atoms with Crippen molar-refractivity contribution in [2.75, 3.05) is 26.2 Å². The van der Waals surface area contributed by atoms with Gasteiger partial charge in [0.1, 0.15) is 10.7 Å². The molecule has 2 aliphatic heterocycles. The maximum Gasteiger partial charge on any atom is 0.285 e. The maximum absolute atomic E-state index is 12.7. The van der Waals surface area contributed by atoms with Crippen LogP contribution in [0.25, 0.3) is 4.91 Å². The molecule has 1 aliphatic carbocycles. The summed E-state index contributed by atoms with van der Waals surface area (Å²) in [6, 6.07) is 6.77. The number of halogens is 1. The number of rotatable bonds is 2. The Morgan fingerprint density at radius 1 is 1.11 bits per heavy atom. The molecule has 2 heterocycles. The smallest absolute Gasteiger partial charge is 0.285 e. The van der Waals surface area contributed by atoms with Gasteiger partial charge in [-0.05, 0) is 43.9 Å². The van der Waals surface area contributed by atoms with Crippen molar-refractivity contribution in [3.8, 4) is 0 Å². The zero-order valence-electron chi connectivity index (χ0n) is 15.2. The van der Waals surface area contributed by atoms with Crippen LogP contribution in [0.4, 0.5) is 0 Å². The Balaban J connectivity index is 1.58. The number of nitrogens with zero attached hydrogens (tertiary/aromatic N) is 3. The number of sulfonamides is 1. The van der Waals surface area contributed by atoms with Gasteiger partial charge in [-0.2, -0.15) is 8.42 Å². The molecule has 0 unspecified atom stereocenters. The van der Waals surface area contributed by atoms with Crippen molar-refractivity contribution in [3.05, 3.63) is 40.4 Å².